The highest BCUT2D eigenvalue weighted by Gasteiger charge is 2.28. The minimum absolute atomic E-state index is 0.0239. The number of hydrogen-bond donors (Lipinski definition) is 1. The summed E-state index contributed by atoms with van der Waals surface area (Å²) < 4.78 is 40.2. The fourth-order valence-corrected chi connectivity index (χ4v) is 1.28. The summed E-state index contributed by atoms with van der Waals surface area (Å²) in [7, 11) is 0. The first-order chi connectivity index (χ1) is 6.47. The predicted molar refractivity (Wildman–Crippen MR) is 42.7 cm³/mol. The van der Waals surface area contributed by atoms with Crippen molar-refractivity contribution in [3.63, 3.8) is 0 Å². The Kier molecular flexibility index (Phi) is 3.74. The van der Waals surface area contributed by atoms with E-state index in [0.717, 1.165) is 12.8 Å². The normalized spacial score (nSPS) is 22.4. The molecule has 0 radical (unpaired) electrons. The van der Waals surface area contributed by atoms with Crippen LogP contribution in [-0.2, 0) is 9.53 Å². The predicted octanol–water partition coefficient (Wildman–Crippen LogP) is 1.23. The van der Waals surface area contributed by atoms with Crippen LogP contribution in [0.2, 0.25) is 0 Å². The van der Waals surface area contributed by atoms with Crippen LogP contribution in [0.1, 0.15) is 19.3 Å². The number of carbonyl (C=O) groups is 1. The van der Waals surface area contributed by atoms with E-state index in [2.05, 4.69) is 0 Å². The number of alkyl halides is 3. The molecule has 0 unspecified atom stereocenters. The van der Waals surface area contributed by atoms with Crippen LogP contribution in [0.4, 0.5) is 13.2 Å². The molecule has 0 aromatic heterocycles. The molecule has 82 valence electrons. The number of ether oxygens (including phenoxy) is 1. The smallest absolute Gasteiger partial charge is 0.378 e. The summed E-state index contributed by atoms with van der Waals surface area (Å²) in [4.78, 5) is 11.0. The third-order valence-corrected chi connectivity index (χ3v) is 1.92. The van der Waals surface area contributed by atoms with Gasteiger partial charge in [0.15, 0.2) is 0 Å². The van der Waals surface area contributed by atoms with Gasteiger partial charge in [0.25, 0.3) is 0 Å². The van der Waals surface area contributed by atoms with Crippen LogP contribution in [0, 0.1) is 0 Å². The van der Waals surface area contributed by atoms with Crippen molar-refractivity contribution in [1.29, 1.82) is 0 Å². The topological polar surface area (TPSA) is 38.3 Å². The Morgan fingerprint density at radius 3 is 2.71 bits per heavy atom. The van der Waals surface area contributed by atoms with E-state index in [9.17, 15) is 18.0 Å². The summed E-state index contributed by atoms with van der Waals surface area (Å²) in [5.41, 5.74) is 0. The van der Waals surface area contributed by atoms with Gasteiger partial charge in [0, 0.05) is 6.61 Å². The lowest BCUT2D eigenvalue weighted by Gasteiger charge is -2.11. The summed E-state index contributed by atoms with van der Waals surface area (Å²) in [6, 6.07) is 0. The molecule has 1 atom stereocenters. The minimum Gasteiger partial charge on any atom is -0.378 e. The van der Waals surface area contributed by atoms with Gasteiger partial charge in [-0.25, -0.2) is 0 Å². The maximum atomic E-state index is 11.7. The highest BCUT2D eigenvalue weighted by molar-refractivity contribution is 5.76. The van der Waals surface area contributed by atoms with Crippen LogP contribution in [0.3, 0.4) is 0 Å². The largest absolute Gasteiger partial charge is 0.405 e. The average molecular weight is 211 g/mol. The Balaban J connectivity index is 2.15. The standard InChI is InChI=1S/C8H12F3NO2/c9-8(10,11)5-12-7(13)4-6-2-1-3-14-6/h6H,1-5H2,(H,12,13)/t6-/m1/s1. The van der Waals surface area contributed by atoms with Gasteiger partial charge in [0.05, 0.1) is 12.5 Å². The van der Waals surface area contributed by atoms with E-state index >= 15 is 0 Å². The Labute approximate surface area is 79.6 Å². The summed E-state index contributed by atoms with van der Waals surface area (Å²) in [5, 5.41) is 1.81. The molecular weight excluding hydrogens is 199 g/mol. The van der Waals surface area contributed by atoms with E-state index in [0.29, 0.717) is 6.61 Å². The zero-order valence-electron chi connectivity index (χ0n) is 7.56. The van der Waals surface area contributed by atoms with Crippen molar-refractivity contribution < 1.29 is 22.7 Å². The molecule has 0 aromatic rings. The number of rotatable bonds is 3. The highest BCUT2D eigenvalue weighted by Crippen LogP contribution is 2.16. The molecule has 1 aliphatic heterocycles. The van der Waals surface area contributed by atoms with Crippen molar-refractivity contribution in [2.24, 2.45) is 0 Å². The molecule has 0 saturated carbocycles. The number of amides is 1. The third-order valence-electron chi connectivity index (χ3n) is 1.92. The van der Waals surface area contributed by atoms with Crippen molar-refractivity contribution in [1.82, 2.24) is 5.32 Å². The van der Waals surface area contributed by atoms with Gasteiger partial charge < -0.3 is 10.1 Å². The summed E-state index contributed by atoms with van der Waals surface area (Å²) in [6.07, 6.45) is -2.90. The molecule has 1 saturated heterocycles. The zero-order chi connectivity index (χ0) is 10.6. The first-order valence-corrected chi connectivity index (χ1v) is 4.42. The third kappa shape index (κ3) is 4.45. The number of hydrogen-bond acceptors (Lipinski definition) is 2. The molecule has 0 aliphatic carbocycles. The van der Waals surface area contributed by atoms with Crippen LogP contribution in [0.5, 0.6) is 0 Å². The lowest BCUT2D eigenvalue weighted by atomic mass is 10.2. The Bertz CT molecular complexity index is 199. The van der Waals surface area contributed by atoms with Gasteiger partial charge in [-0.05, 0) is 12.8 Å². The Morgan fingerprint density at radius 1 is 1.50 bits per heavy atom. The second-order valence-corrected chi connectivity index (χ2v) is 3.23. The van der Waals surface area contributed by atoms with Gasteiger partial charge in [0.1, 0.15) is 6.54 Å². The second-order valence-electron chi connectivity index (χ2n) is 3.23. The first-order valence-electron chi connectivity index (χ1n) is 4.42. The van der Waals surface area contributed by atoms with Crippen molar-refractivity contribution >= 4 is 5.91 Å². The number of carbonyl (C=O) groups excluding carboxylic acids is 1. The minimum atomic E-state index is -4.34. The molecule has 1 aliphatic rings. The highest BCUT2D eigenvalue weighted by atomic mass is 19.4. The maximum Gasteiger partial charge on any atom is 0.405 e. The second kappa shape index (κ2) is 4.63. The van der Waals surface area contributed by atoms with E-state index in [1.54, 1.807) is 5.32 Å². The fraction of sp³-hybridized carbons (Fsp3) is 0.875. The molecule has 1 N–H and O–H groups in total. The maximum absolute atomic E-state index is 11.7. The molecule has 1 fully saturated rings. The molecule has 3 nitrogen and oxygen atoms in total. The van der Waals surface area contributed by atoms with Crippen molar-refractivity contribution in [2.75, 3.05) is 13.2 Å². The first kappa shape index (κ1) is 11.3. The molecule has 1 rings (SSSR count). The summed E-state index contributed by atoms with van der Waals surface area (Å²) in [5.74, 6) is -0.603. The number of halogens is 3. The lowest BCUT2D eigenvalue weighted by Crippen LogP contribution is -2.35. The van der Waals surface area contributed by atoms with Gasteiger partial charge >= 0.3 is 6.18 Å². The van der Waals surface area contributed by atoms with Crippen molar-refractivity contribution in [3.05, 3.63) is 0 Å². The summed E-state index contributed by atoms with van der Waals surface area (Å²) >= 11 is 0. The molecule has 1 amide bonds. The molecule has 1 heterocycles. The van der Waals surface area contributed by atoms with Gasteiger partial charge in [0.2, 0.25) is 5.91 Å². The van der Waals surface area contributed by atoms with Gasteiger partial charge in [-0.3, -0.25) is 4.79 Å². The fourth-order valence-electron chi connectivity index (χ4n) is 1.28. The monoisotopic (exact) mass is 211 g/mol. The Hall–Kier alpha value is -0.780. The van der Waals surface area contributed by atoms with Crippen LogP contribution >= 0.6 is 0 Å². The lowest BCUT2D eigenvalue weighted by molar-refractivity contribution is -0.139. The van der Waals surface area contributed by atoms with Gasteiger partial charge in [-0.15, -0.1) is 0 Å². The van der Waals surface area contributed by atoms with Crippen molar-refractivity contribution in [2.45, 2.75) is 31.5 Å². The molecule has 14 heavy (non-hydrogen) atoms. The van der Waals surface area contributed by atoms with E-state index in [1.165, 1.54) is 0 Å². The van der Waals surface area contributed by atoms with Crippen molar-refractivity contribution in [3.8, 4) is 0 Å². The zero-order valence-corrected chi connectivity index (χ0v) is 7.56. The molecule has 0 aromatic carbocycles. The van der Waals surface area contributed by atoms with Gasteiger partial charge in [-0.1, -0.05) is 0 Å². The SMILES string of the molecule is O=C(C[C@H]1CCCO1)NCC(F)(F)F. The molecule has 6 heteroatoms. The Morgan fingerprint density at radius 2 is 2.21 bits per heavy atom. The molecule has 0 bridgehead atoms. The quantitative estimate of drug-likeness (QED) is 0.762. The summed E-state index contributed by atoms with van der Waals surface area (Å²) in [6.45, 7) is -0.671. The van der Waals surface area contributed by atoms with Crippen LogP contribution < -0.4 is 5.32 Å². The average Bonchev–Trinajstić information content (AvgIpc) is 2.52. The van der Waals surface area contributed by atoms with E-state index < -0.39 is 18.6 Å². The van der Waals surface area contributed by atoms with E-state index in [1.807, 2.05) is 0 Å². The van der Waals surface area contributed by atoms with Crippen LogP contribution in [0.15, 0.2) is 0 Å². The van der Waals surface area contributed by atoms with Gasteiger partial charge in [-0.2, -0.15) is 13.2 Å². The molecule has 0 spiro atoms. The van der Waals surface area contributed by atoms with E-state index in [4.69, 9.17) is 4.74 Å². The van der Waals surface area contributed by atoms with Crippen LogP contribution in [0.25, 0.3) is 0 Å². The molecular formula is C8H12F3NO2. The van der Waals surface area contributed by atoms with Crippen LogP contribution in [-0.4, -0.2) is 31.3 Å². The van der Waals surface area contributed by atoms with E-state index in [-0.39, 0.29) is 12.5 Å². The number of nitrogens with one attached hydrogen (secondary N) is 1.